The highest BCUT2D eigenvalue weighted by molar-refractivity contribution is 5.90. The van der Waals surface area contributed by atoms with E-state index >= 15 is 0 Å². The van der Waals surface area contributed by atoms with Crippen LogP contribution in [0.1, 0.15) is 30.9 Å². The van der Waals surface area contributed by atoms with Crippen LogP contribution in [0.2, 0.25) is 0 Å². The molecule has 0 saturated heterocycles. The lowest BCUT2D eigenvalue weighted by Gasteiger charge is -2.18. The van der Waals surface area contributed by atoms with E-state index in [0.29, 0.717) is 0 Å². The Bertz CT molecular complexity index is 389. The Hall–Kier alpha value is -1.31. The smallest absolute Gasteiger partial charge is 0.133 e. The number of hydrogen-bond acceptors (Lipinski definition) is 2. The van der Waals surface area contributed by atoms with Gasteiger partial charge in [-0.2, -0.15) is 0 Å². The van der Waals surface area contributed by atoms with E-state index in [9.17, 15) is 0 Å². The van der Waals surface area contributed by atoms with E-state index in [1.807, 2.05) is 0 Å². The zero-order valence-electron chi connectivity index (χ0n) is 10.3. The molecule has 0 saturated carbocycles. The first kappa shape index (κ1) is 11.2. The highest BCUT2D eigenvalue weighted by Gasteiger charge is 2.17. The van der Waals surface area contributed by atoms with Crippen LogP contribution in [0.3, 0.4) is 0 Å². The lowest BCUT2D eigenvalue weighted by molar-refractivity contribution is 0.281. The van der Waals surface area contributed by atoms with Gasteiger partial charge in [0.05, 0.1) is 5.71 Å². The second-order valence-corrected chi connectivity index (χ2v) is 4.46. The molecule has 2 heteroatoms. The monoisotopic (exact) mass is 217 g/mol. The van der Waals surface area contributed by atoms with Crippen molar-refractivity contribution < 1.29 is 4.74 Å². The lowest BCUT2D eigenvalue weighted by atomic mass is 10.1. The first-order chi connectivity index (χ1) is 7.68. The summed E-state index contributed by atoms with van der Waals surface area (Å²) in [4.78, 5) is 4.48. The fourth-order valence-electron chi connectivity index (χ4n) is 2.12. The minimum Gasteiger partial charge on any atom is -0.484 e. The van der Waals surface area contributed by atoms with Crippen LogP contribution in [0.4, 0.5) is 0 Å². The van der Waals surface area contributed by atoms with E-state index in [4.69, 9.17) is 4.74 Å². The van der Waals surface area contributed by atoms with Gasteiger partial charge in [0.25, 0.3) is 0 Å². The van der Waals surface area contributed by atoms with Crippen LogP contribution in [-0.4, -0.2) is 18.4 Å². The van der Waals surface area contributed by atoms with Gasteiger partial charge in [0, 0.05) is 6.54 Å². The van der Waals surface area contributed by atoms with Crippen LogP contribution in [0.5, 0.6) is 5.75 Å². The number of aliphatic imine (C=N–C) groups is 1. The standard InChI is InChI=1S/C14H19NO/c1-10-6-4-7-11(2)14(10)16-12(3)13-8-5-9-15-13/h4,6-7,12H,5,8-9H2,1-3H3. The molecule has 1 aliphatic heterocycles. The number of aryl methyl sites for hydroxylation is 2. The van der Waals surface area contributed by atoms with Gasteiger partial charge in [-0.3, -0.25) is 4.99 Å². The zero-order valence-corrected chi connectivity index (χ0v) is 10.3. The van der Waals surface area contributed by atoms with Gasteiger partial charge in [-0.25, -0.2) is 0 Å². The molecule has 2 rings (SSSR count). The average Bonchev–Trinajstić information content (AvgIpc) is 2.76. The molecule has 1 aromatic carbocycles. The van der Waals surface area contributed by atoms with Crippen LogP contribution in [0, 0.1) is 13.8 Å². The Morgan fingerprint density at radius 3 is 2.50 bits per heavy atom. The maximum Gasteiger partial charge on any atom is 0.133 e. The summed E-state index contributed by atoms with van der Waals surface area (Å²) < 4.78 is 6.03. The zero-order chi connectivity index (χ0) is 11.5. The molecule has 1 atom stereocenters. The molecule has 0 spiro atoms. The number of hydrogen-bond donors (Lipinski definition) is 0. The predicted octanol–water partition coefficient (Wildman–Crippen LogP) is 3.31. The third-order valence-corrected chi connectivity index (χ3v) is 3.08. The van der Waals surface area contributed by atoms with Crippen molar-refractivity contribution >= 4 is 5.71 Å². The molecule has 0 bridgehead atoms. The van der Waals surface area contributed by atoms with Gasteiger partial charge in [-0.15, -0.1) is 0 Å². The van der Waals surface area contributed by atoms with Crippen molar-refractivity contribution in [1.82, 2.24) is 0 Å². The number of para-hydroxylation sites is 1. The third-order valence-electron chi connectivity index (χ3n) is 3.08. The molecule has 86 valence electrons. The van der Waals surface area contributed by atoms with Crippen molar-refractivity contribution in [2.45, 2.75) is 39.7 Å². The van der Waals surface area contributed by atoms with E-state index in [0.717, 1.165) is 18.7 Å². The average molecular weight is 217 g/mol. The van der Waals surface area contributed by atoms with Crippen LogP contribution in [0.15, 0.2) is 23.2 Å². The van der Waals surface area contributed by atoms with Crippen molar-refractivity contribution in [3.05, 3.63) is 29.3 Å². The Morgan fingerprint density at radius 1 is 1.25 bits per heavy atom. The summed E-state index contributed by atoms with van der Waals surface area (Å²) in [6.07, 6.45) is 2.38. The van der Waals surface area contributed by atoms with Crippen molar-refractivity contribution in [3.63, 3.8) is 0 Å². The van der Waals surface area contributed by atoms with E-state index in [1.165, 1.54) is 23.3 Å². The Morgan fingerprint density at radius 2 is 1.94 bits per heavy atom. The molecule has 1 heterocycles. The largest absolute Gasteiger partial charge is 0.484 e. The SMILES string of the molecule is Cc1cccc(C)c1OC(C)C1=NCCC1. The van der Waals surface area contributed by atoms with E-state index < -0.39 is 0 Å². The molecular weight excluding hydrogens is 198 g/mol. The van der Waals surface area contributed by atoms with Gasteiger partial charge < -0.3 is 4.74 Å². The van der Waals surface area contributed by atoms with Gasteiger partial charge in [-0.1, -0.05) is 18.2 Å². The minimum atomic E-state index is 0.113. The number of nitrogens with zero attached hydrogens (tertiary/aromatic N) is 1. The van der Waals surface area contributed by atoms with Gasteiger partial charge in [0.15, 0.2) is 0 Å². The van der Waals surface area contributed by atoms with Crippen molar-refractivity contribution in [3.8, 4) is 5.75 Å². The summed E-state index contributed by atoms with van der Waals surface area (Å²) in [5, 5.41) is 0. The van der Waals surface area contributed by atoms with E-state index in [-0.39, 0.29) is 6.10 Å². The first-order valence-electron chi connectivity index (χ1n) is 5.94. The van der Waals surface area contributed by atoms with Crippen molar-refractivity contribution in [1.29, 1.82) is 0 Å². The Balaban J connectivity index is 2.14. The first-order valence-corrected chi connectivity index (χ1v) is 5.94. The molecule has 1 aliphatic rings. The molecule has 0 N–H and O–H groups in total. The van der Waals surface area contributed by atoms with Crippen LogP contribution in [0.25, 0.3) is 0 Å². The molecule has 0 amide bonds. The Kier molecular flexibility index (Phi) is 3.28. The normalized spacial score (nSPS) is 17.1. The topological polar surface area (TPSA) is 21.6 Å². The molecule has 2 nitrogen and oxygen atoms in total. The summed E-state index contributed by atoms with van der Waals surface area (Å²) >= 11 is 0. The second-order valence-electron chi connectivity index (χ2n) is 4.46. The minimum absolute atomic E-state index is 0.113. The highest BCUT2D eigenvalue weighted by atomic mass is 16.5. The summed E-state index contributed by atoms with van der Waals surface area (Å²) in [5.41, 5.74) is 3.61. The van der Waals surface area contributed by atoms with Gasteiger partial charge in [0.1, 0.15) is 11.9 Å². The highest BCUT2D eigenvalue weighted by Crippen LogP contribution is 2.24. The second kappa shape index (κ2) is 4.69. The van der Waals surface area contributed by atoms with Gasteiger partial charge >= 0.3 is 0 Å². The molecule has 1 unspecified atom stereocenters. The van der Waals surface area contributed by atoms with Crippen LogP contribution < -0.4 is 4.74 Å². The Labute approximate surface area is 97.4 Å². The predicted molar refractivity (Wildman–Crippen MR) is 67.5 cm³/mol. The van der Waals surface area contributed by atoms with E-state index in [1.54, 1.807) is 0 Å². The maximum atomic E-state index is 6.03. The number of ether oxygens (including phenoxy) is 1. The third kappa shape index (κ3) is 2.26. The summed E-state index contributed by atoms with van der Waals surface area (Å²) in [6.45, 7) is 7.24. The summed E-state index contributed by atoms with van der Waals surface area (Å²) in [7, 11) is 0. The van der Waals surface area contributed by atoms with Crippen molar-refractivity contribution in [2.24, 2.45) is 4.99 Å². The number of benzene rings is 1. The summed E-state index contributed by atoms with van der Waals surface area (Å²) in [5.74, 6) is 1.02. The molecule has 0 fully saturated rings. The van der Waals surface area contributed by atoms with Crippen molar-refractivity contribution in [2.75, 3.05) is 6.54 Å². The lowest BCUT2D eigenvalue weighted by Crippen LogP contribution is -2.22. The molecule has 0 aromatic heterocycles. The fourth-order valence-corrected chi connectivity index (χ4v) is 2.12. The fraction of sp³-hybridized carbons (Fsp3) is 0.500. The number of rotatable bonds is 3. The van der Waals surface area contributed by atoms with Gasteiger partial charge in [0.2, 0.25) is 0 Å². The van der Waals surface area contributed by atoms with Crippen LogP contribution >= 0.6 is 0 Å². The molecule has 1 aromatic rings. The molecule has 16 heavy (non-hydrogen) atoms. The quantitative estimate of drug-likeness (QED) is 0.761. The molecular formula is C14H19NO. The van der Waals surface area contributed by atoms with Gasteiger partial charge in [-0.05, 0) is 44.7 Å². The van der Waals surface area contributed by atoms with E-state index in [2.05, 4.69) is 44.0 Å². The summed E-state index contributed by atoms with van der Waals surface area (Å²) in [6, 6.07) is 6.24. The molecule has 0 aliphatic carbocycles. The molecule has 0 radical (unpaired) electrons. The van der Waals surface area contributed by atoms with Crippen LogP contribution in [-0.2, 0) is 0 Å². The maximum absolute atomic E-state index is 6.03.